The second kappa shape index (κ2) is 6.03. The highest BCUT2D eigenvalue weighted by molar-refractivity contribution is 6.31. The molecular formula is C13H18ClNO2. The van der Waals surface area contributed by atoms with Crippen LogP contribution in [0.15, 0.2) is 24.3 Å². The Balaban J connectivity index is 2.36. The highest BCUT2D eigenvalue weighted by Gasteiger charge is 2.12. The summed E-state index contributed by atoms with van der Waals surface area (Å²) in [5.41, 5.74) is 3.03. The Bertz CT molecular complexity index is 385. The zero-order valence-electron chi connectivity index (χ0n) is 10.4. The van der Waals surface area contributed by atoms with Crippen molar-refractivity contribution < 1.29 is 9.63 Å². The number of amides is 1. The van der Waals surface area contributed by atoms with Gasteiger partial charge in [0.15, 0.2) is 0 Å². The lowest BCUT2D eigenvalue weighted by Crippen LogP contribution is -2.33. The molecule has 0 saturated heterocycles. The lowest BCUT2D eigenvalue weighted by molar-refractivity contribution is -0.145. The van der Waals surface area contributed by atoms with Crippen molar-refractivity contribution in [2.24, 2.45) is 0 Å². The van der Waals surface area contributed by atoms with Crippen LogP contribution >= 0.6 is 11.6 Å². The van der Waals surface area contributed by atoms with E-state index in [0.717, 1.165) is 5.56 Å². The van der Waals surface area contributed by atoms with E-state index < -0.39 is 0 Å². The summed E-state index contributed by atoms with van der Waals surface area (Å²) in [4.78, 5) is 16.7. The summed E-state index contributed by atoms with van der Waals surface area (Å²) < 4.78 is 0. The maximum atomic E-state index is 11.5. The van der Waals surface area contributed by atoms with Crippen LogP contribution in [-0.2, 0) is 16.1 Å². The van der Waals surface area contributed by atoms with Crippen LogP contribution in [0.5, 0.6) is 0 Å². The first kappa shape index (κ1) is 14.0. The molecule has 0 heterocycles. The molecule has 4 heteroatoms. The molecule has 0 radical (unpaired) electrons. The molecule has 0 fully saturated rings. The molecule has 0 unspecified atom stereocenters. The SMILES string of the molecule is CC(C)(C)ONC(=O)CCc1ccccc1Cl. The Hall–Kier alpha value is -1.06. The normalized spacial score (nSPS) is 11.3. The second-order valence-corrected chi connectivity index (χ2v) is 5.24. The number of benzene rings is 1. The van der Waals surface area contributed by atoms with Crippen LogP contribution in [-0.4, -0.2) is 11.5 Å². The molecule has 17 heavy (non-hydrogen) atoms. The summed E-state index contributed by atoms with van der Waals surface area (Å²) in [6.07, 6.45) is 0.971. The standard InChI is InChI=1S/C13H18ClNO2/c1-13(2,3)17-15-12(16)9-8-10-6-4-5-7-11(10)14/h4-7H,8-9H2,1-3H3,(H,15,16). The van der Waals surface area contributed by atoms with Gasteiger partial charge in [0.1, 0.15) is 0 Å². The van der Waals surface area contributed by atoms with Gasteiger partial charge in [-0.2, -0.15) is 0 Å². The monoisotopic (exact) mass is 255 g/mol. The first-order valence-electron chi connectivity index (χ1n) is 5.59. The number of hydrogen-bond donors (Lipinski definition) is 1. The van der Waals surface area contributed by atoms with Gasteiger partial charge >= 0.3 is 0 Å². The molecule has 0 spiro atoms. The van der Waals surface area contributed by atoms with Gasteiger partial charge in [-0.25, -0.2) is 5.48 Å². The van der Waals surface area contributed by atoms with E-state index in [1.807, 2.05) is 45.0 Å². The molecule has 0 atom stereocenters. The Labute approximate surface area is 107 Å². The molecular weight excluding hydrogens is 238 g/mol. The average Bonchev–Trinajstić information content (AvgIpc) is 2.24. The number of carbonyl (C=O) groups excluding carboxylic acids is 1. The van der Waals surface area contributed by atoms with E-state index in [9.17, 15) is 4.79 Å². The van der Waals surface area contributed by atoms with Crippen LogP contribution in [0.1, 0.15) is 32.8 Å². The fourth-order valence-corrected chi connectivity index (χ4v) is 1.44. The molecule has 0 saturated carbocycles. The molecule has 0 aromatic heterocycles. The Kier molecular flexibility index (Phi) is 4.97. The van der Waals surface area contributed by atoms with Gasteiger partial charge in [0.05, 0.1) is 5.60 Å². The summed E-state index contributed by atoms with van der Waals surface area (Å²) >= 11 is 5.99. The van der Waals surface area contributed by atoms with Crippen molar-refractivity contribution in [3.8, 4) is 0 Å². The quantitative estimate of drug-likeness (QED) is 0.840. The number of hydroxylamine groups is 1. The van der Waals surface area contributed by atoms with E-state index in [-0.39, 0.29) is 11.5 Å². The molecule has 1 N–H and O–H groups in total. The summed E-state index contributed by atoms with van der Waals surface area (Å²) in [5, 5.41) is 0.692. The smallest absolute Gasteiger partial charge is 0.243 e. The van der Waals surface area contributed by atoms with Crippen LogP contribution in [0.4, 0.5) is 0 Å². The van der Waals surface area contributed by atoms with Gasteiger partial charge in [0, 0.05) is 11.4 Å². The van der Waals surface area contributed by atoms with Gasteiger partial charge in [-0.15, -0.1) is 0 Å². The van der Waals surface area contributed by atoms with Gasteiger partial charge in [-0.1, -0.05) is 29.8 Å². The summed E-state index contributed by atoms with van der Waals surface area (Å²) in [6.45, 7) is 5.63. The van der Waals surface area contributed by atoms with Crippen LogP contribution in [0.2, 0.25) is 5.02 Å². The largest absolute Gasteiger partial charge is 0.273 e. The molecule has 0 aliphatic carbocycles. The molecule has 0 aliphatic heterocycles. The minimum Gasteiger partial charge on any atom is -0.273 e. The van der Waals surface area contributed by atoms with Gasteiger partial charge in [-0.3, -0.25) is 9.63 Å². The van der Waals surface area contributed by atoms with Crippen molar-refractivity contribution in [1.82, 2.24) is 5.48 Å². The van der Waals surface area contributed by atoms with Crippen molar-refractivity contribution in [1.29, 1.82) is 0 Å². The van der Waals surface area contributed by atoms with Crippen molar-refractivity contribution >= 4 is 17.5 Å². The van der Waals surface area contributed by atoms with Crippen LogP contribution in [0.25, 0.3) is 0 Å². The fourth-order valence-electron chi connectivity index (χ4n) is 1.21. The number of hydrogen-bond acceptors (Lipinski definition) is 2. The predicted octanol–water partition coefficient (Wildman–Crippen LogP) is 3.12. The fraction of sp³-hybridized carbons (Fsp3) is 0.462. The lowest BCUT2D eigenvalue weighted by atomic mass is 10.1. The highest BCUT2D eigenvalue weighted by atomic mass is 35.5. The van der Waals surface area contributed by atoms with E-state index in [4.69, 9.17) is 16.4 Å². The number of halogens is 1. The van der Waals surface area contributed by atoms with Gasteiger partial charge in [0.25, 0.3) is 0 Å². The van der Waals surface area contributed by atoms with Gasteiger partial charge in [0.2, 0.25) is 5.91 Å². The second-order valence-electron chi connectivity index (χ2n) is 4.83. The van der Waals surface area contributed by atoms with Crippen LogP contribution < -0.4 is 5.48 Å². The average molecular weight is 256 g/mol. The van der Waals surface area contributed by atoms with Gasteiger partial charge in [-0.05, 0) is 38.8 Å². The summed E-state index contributed by atoms with van der Waals surface area (Å²) in [6, 6.07) is 7.51. The van der Waals surface area contributed by atoms with E-state index in [0.29, 0.717) is 17.9 Å². The molecule has 1 aromatic rings. The van der Waals surface area contributed by atoms with Crippen LogP contribution in [0.3, 0.4) is 0 Å². The molecule has 0 aliphatic rings. The minimum atomic E-state index is -0.375. The number of nitrogens with one attached hydrogen (secondary N) is 1. The number of aryl methyl sites for hydroxylation is 1. The molecule has 1 rings (SSSR count). The minimum absolute atomic E-state index is 0.139. The topological polar surface area (TPSA) is 38.3 Å². The van der Waals surface area contributed by atoms with E-state index >= 15 is 0 Å². The highest BCUT2D eigenvalue weighted by Crippen LogP contribution is 2.16. The Morgan fingerprint density at radius 1 is 1.35 bits per heavy atom. The van der Waals surface area contributed by atoms with E-state index in [1.54, 1.807) is 0 Å². The molecule has 3 nitrogen and oxygen atoms in total. The predicted molar refractivity (Wildman–Crippen MR) is 68.8 cm³/mol. The Morgan fingerprint density at radius 3 is 2.59 bits per heavy atom. The zero-order chi connectivity index (χ0) is 12.9. The van der Waals surface area contributed by atoms with Crippen molar-refractivity contribution in [3.05, 3.63) is 34.9 Å². The van der Waals surface area contributed by atoms with Crippen molar-refractivity contribution in [3.63, 3.8) is 0 Å². The number of rotatable bonds is 4. The third-order valence-corrected chi connectivity index (χ3v) is 2.42. The summed E-state index contributed by atoms with van der Waals surface area (Å²) in [7, 11) is 0. The van der Waals surface area contributed by atoms with Crippen molar-refractivity contribution in [2.45, 2.75) is 39.2 Å². The van der Waals surface area contributed by atoms with Crippen molar-refractivity contribution in [2.75, 3.05) is 0 Å². The van der Waals surface area contributed by atoms with Gasteiger partial charge < -0.3 is 0 Å². The molecule has 1 aromatic carbocycles. The maximum absolute atomic E-state index is 11.5. The van der Waals surface area contributed by atoms with E-state index in [2.05, 4.69) is 5.48 Å². The van der Waals surface area contributed by atoms with E-state index in [1.165, 1.54) is 0 Å². The molecule has 0 bridgehead atoms. The first-order chi connectivity index (χ1) is 7.88. The molecule has 1 amide bonds. The zero-order valence-corrected chi connectivity index (χ0v) is 11.2. The molecule has 94 valence electrons. The third-order valence-electron chi connectivity index (χ3n) is 2.05. The van der Waals surface area contributed by atoms with Crippen LogP contribution in [0, 0.1) is 0 Å². The number of carbonyl (C=O) groups is 1. The lowest BCUT2D eigenvalue weighted by Gasteiger charge is -2.18. The first-order valence-corrected chi connectivity index (χ1v) is 5.96. The third kappa shape index (κ3) is 5.71. The Morgan fingerprint density at radius 2 is 2.00 bits per heavy atom. The summed E-state index contributed by atoms with van der Waals surface area (Å²) in [5.74, 6) is -0.139. The maximum Gasteiger partial charge on any atom is 0.243 e.